The van der Waals surface area contributed by atoms with Crippen molar-refractivity contribution in [1.29, 1.82) is 0 Å². The molecule has 1 aliphatic heterocycles. The zero-order valence-corrected chi connectivity index (χ0v) is 11.9. The van der Waals surface area contributed by atoms with Crippen molar-refractivity contribution in [3.63, 3.8) is 0 Å². The standard InChI is InChI=1S/C15H20N2O4/c1-10(11-5-3-2-4-6-11)16-13-9-17(15(20)21)8-7-12(13)14(18)19/h2-6,10,12-13,16H,7-9H2,1H3,(H,18,19)(H,20,21)/t10-,12?,13?/m0/s1. The number of carbonyl (C=O) groups is 2. The van der Waals surface area contributed by atoms with Crippen molar-refractivity contribution in [3.8, 4) is 0 Å². The quantitative estimate of drug-likeness (QED) is 0.787. The van der Waals surface area contributed by atoms with Crippen molar-refractivity contribution in [3.05, 3.63) is 35.9 Å². The van der Waals surface area contributed by atoms with Gasteiger partial charge in [-0.2, -0.15) is 0 Å². The van der Waals surface area contributed by atoms with Gasteiger partial charge in [-0.1, -0.05) is 30.3 Å². The molecule has 0 aliphatic carbocycles. The molecular weight excluding hydrogens is 272 g/mol. The monoisotopic (exact) mass is 292 g/mol. The van der Waals surface area contributed by atoms with Crippen LogP contribution in [-0.2, 0) is 4.79 Å². The van der Waals surface area contributed by atoms with Crippen LogP contribution in [0.3, 0.4) is 0 Å². The van der Waals surface area contributed by atoms with Gasteiger partial charge in [-0.05, 0) is 18.9 Å². The lowest BCUT2D eigenvalue weighted by Crippen LogP contribution is -2.54. The summed E-state index contributed by atoms with van der Waals surface area (Å²) in [5, 5.41) is 21.7. The summed E-state index contributed by atoms with van der Waals surface area (Å²) in [6, 6.07) is 9.27. The molecule has 0 saturated carbocycles. The molecule has 1 aliphatic rings. The molecule has 3 N–H and O–H groups in total. The third-order valence-electron chi connectivity index (χ3n) is 3.96. The van der Waals surface area contributed by atoms with E-state index in [4.69, 9.17) is 5.11 Å². The van der Waals surface area contributed by atoms with Crippen molar-refractivity contribution >= 4 is 12.1 Å². The van der Waals surface area contributed by atoms with E-state index in [1.165, 1.54) is 4.90 Å². The van der Waals surface area contributed by atoms with Gasteiger partial charge in [-0.25, -0.2) is 4.79 Å². The van der Waals surface area contributed by atoms with Crippen LogP contribution in [0.25, 0.3) is 0 Å². The molecule has 0 aromatic heterocycles. The van der Waals surface area contributed by atoms with E-state index < -0.39 is 18.0 Å². The molecule has 21 heavy (non-hydrogen) atoms. The van der Waals surface area contributed by atoms with Crippen LogP contribution in [0.4, 0.5) is 4.79 Å². The first kappa shape index (κ1) is 15.3. The Morgan fingerprint density at radius 1 is 1.29 bits per heavy atom. The molecule has 2 unspecified atom stereocenters. The summed E-state index contributed by atoms with van der Waals surface area (Å²) < 4.78 is 0. The average molecular weight is 292 g/mol. The molecule has 0 bridgehead atoms. The predicted octanol–water partition coefficient (Wildman–Crippen LogP) is 1.79. The molecule has 1 saturated heterocycles. The number of likely N-dealkylation sites (tertiary alicyclic amines) is 1. The highest BCUT2D eigenvalue weighted by molar-refractivity contribution is 5.72. The lowest BCUT2D eigenvalue weighted by Gasteiger charge is -2.37. The van der Waals surface area contributed by atoms with Crippen LogP contribution in [0.5, 0.6) is 0 Å². The molecule has 2 rings (SSSR count). The van der Waals surface area contributed by atoms with Gasteiger partial charge in [0.05, 0.1) is 5.92 Å². The second kappa shape index (κ2) is 6.58. The van der Waals surface area contributed by atoms with Crippen molar-refractivity contribution in [2.75, 3.05) is 13.1 Å². The lowest BCUT2D eigenvalue weighted by atomic mass is 9.90. The van der Waals surface area contributed by atoms with Crippen molar-refractivity contribution < 1.29 is 19.8 Å². The number of benzene rings is 1. The Bertz CT molecular complexity index is 506. The molecule has 1 aromatic rings. The summed E-state index contributed by atoms with van der Waals surface area (Å²) in [6.07, 6.45) is -0.668. The maximum Gasteiger partial charge on any atom is 0.407 e. The molecule has 1 aromatic carbocycles. The van der Waals surface area contributed by atoms with Gasteiger partial charge in [0.15, 0.2) is 0 Å². The molecule has 1 fully saturated rings. The van der Waals surface area contributed by atoms with Gasteiger partial charge in [0.2, 0.25) is 0 Å². The number of aliphatic carboxylic acids is 1. The highest BCUT2D eigenvalue weighted by Gasteiger charge is 2.36. The third-order valence-corrected chi connectivity index (χ3v) is 3.96. The first-order chi connectivity index (χ1) is 9.99. The minimum Gasteiger partial charge on any atom is -0.481 e. The second-order valence-corrected chi connectivity index (χ2v) is 5.37. The van der Waals surface area contributed by atoms with Gasteiger partial charge < -0.3 is 20.4 Å². The van der Waals surface area contributed by atoms with Gasteiger partial charge in [0.1, 0.15) is 0 Å². The molecule has 3 atom stereocenters. The maximum absolute atomic E-state index is 11.4. The predicted molar refractivity (Wildman–Crippen MR) is 77.1 cm³/mol. The van der Waals surface area contributed by atoms with Crippen LogP contribution >= 0.6 is 0 Å². The topological polar surface area (TPSA) is 89.9 Å². The van der Waals surface area contributed by atoms with Crippen LogP contribution in [0, 0.1) is 5.92 Å². The fourth-order valence-electron chi connectivity index (χ4n) is 2.75. The largest absolute Gasteiger partial charge is 0.481 e. The normalized spacial score (nSPS) is 23.6. The first-order valence-corrected chi connectivity index (χ1v) is 7.00. The Hall–Kier alpha value is -2.08. The number of hydrogen-bond acceptors (Lipinski definition) is 3. The Balaban J connectivity index is 2.09. The molecule has 1 amide bonds. The zero-order valence-electron chi connectivity index (χ0n) is 11.9. The highest BCUT2D eigenvalue weighted by Crippen LogP contribution is 2.22. The maximum atomic E-state index is 11.4. The minimum absolute atomic E-state index is 0.0354. The minimum atomic E-state index is -1.00. The van der Waals surface area contributed by atoms with Gasteiger partial charge in [0.25, 0.3) is 0 Å². The highest BCUT2D eigenvalue weighted by atomic mass is 16.4. The van der Waals surface area contributed by atoms with Gasteiger partial charge >= 0.3 is 12.1 Å². The Morgan fingerprint density at radius 3 is 2.52 bits per heavy atom. The van der Waals surface area contributed by atoms with Gasteiger partial charge in [0, 0.05) is 25.2 Å². The Kier molecular flexibility index (Phi) is 4.80. The summed E-state index contributed by atoms with van der Waals surface area (Å²) in [7, 11) is 0. The molecule has 6 heteroatoms. The molecule has 6 nitrogen and oxygen atoms in total. The smallest absolute Gasteiger partial charge is 0.407 e. The van der Waals surface area contributed by atoms with Gasteiger partial charge in [-0.15, -0.1) is 0 Å². The summed E-state index contributed by atoms with van der Waals surface area (Å²) in [4.78, 5) is 23.7. The number of nitrogens with one attached hydrogen (secondary N) is 1. The molecule has 0 radical (unpaired) electrons. The fraction of sp³-hybridized carbons (Fsp3) is 0.467. The van der Waals surface area contributed by atoms with E-state index in [1.54, 1.807) is 0 Å². The van der Waals surface area contributed by atoms with E-state index in [0.717, 1.165) is 5.56 Å². The van der Waals surface area contributed by atoms with Gasteiger partial charge in [-0.3, -0.25) is 4.79 Å². The van der Waals surface area contributed by atoms with E-state index in [2.05, 4.69) is 5.32 Å². The van der Waals surface area contributed by atoms with Crippen molar-refractivity contribution in [2.24, 2.45) is 5.92 Å². The summed E-state index contributed by atoms with van der Waals surface area (Å²) >= 11 is 0. The van der Waals surface area contributed by atoms with E-state index in [1.807, 2.05) is 37.3 Å². The molecule has 0 spiro atoms. The van der Waals surface area contributed by atoms with Crippen LogP contribution in [0.2, 0.25) is 0 Å². The summed E-state index contributed by atoms with van der Waals surface area (Å²) in [5.74, 6) is -1.44. The van der Waals surface area contributed by atoms with Crippen molar-refractivity contribution in [1.82, 2.24) is 10.2 Å². The van der Waals surface area contributed by atoms with E-state index in [9.17, 15) is 14.7 Å². The first-order valence-electron chi connectivity index (χ1n) is 7.00. The lowest BCUT2D eigenvalue weighted by molar-refractivity contribution is -0.144. The number of hydrogen-bond donors (Lipinski definition) is 3. The fourth-order valence-corrected chi connectivity index (χ4v) is 2.75. The Morgan fingerprint density at radius 2 is 1.95 bits per heavy atom. The average Bonchev–Trinajstić information content (AvgIpc) is 2.47. The second-order valence-electron chi connectivity index (χ2n) is 5.37. The van der Waals surface area contributed by atoms with E-state index in [-0.39, 0.29) is 25.2 Å². The summed E-state index contributed by atoms with van der Waals surface area (Å²) in [5.41, 5.74) is 1.05. The number of rotatable bonds is 4. The van der Waals surface area contributed by atoms with Crippen LogP contribution < -0.4 is 5.32 Å². The number of carboxylic acids is 1. The zero-order chi connectivity index (χ0) is 15.4. The SMILES string of the molecule is C[C@H](NC1CN(C(=O)O)CCC1C(=O)O)c1ccccc1. The molecular formula is C15H20N2O4. The number of carboxylic acid groups (broad SMARTS) is 2. The number of piperidine rings is 1. The summed E-state index contributed by atoms with van der Waals surface area (Å²) in [6.45, 7) is 2.42. The van der Waals surface area contributed by atoms with Crippen LogP contribution in [0.15, 0.2) is 30.3 Å². The number of nitrogens with zero attached hydrogens (tertiary/aromatic N) is 1. The molecule has 1 heterocycles. The van der Waals surface area contributed by atoms with E-state index in [0.29, 0.717) is 6.42 Å². The third kappa shape index (κ3) is 3.72. The Labute approximate surface area is 123 Å². The number of amides is 1. The van der Waals surface area contributed by atoms with Crippen LogP contribution in [-0.4, -0.2) is 46.3 Å². The van der Waals surface area contributed by atoms with E-state index >= 15 is 0 Å². The van der Waals surface area contributed by atoms with Crippen LogP contribution in [0.1, 0.15) is 24.9 Å². The molecule has 114 valence electrons. The van der Waals surface area contributed by atoms with Crippen molar-refractivity contribution in [2.45, 2.75) is 25.4 Å².